The van der Waals surface area contributed by atoms with Gasteiger partial charge in [-0.1, -0.05) is 24.3 Å². The molecule has 0 bridgehead atoms. The van der Waals surface area contributed by atoms with E-state index in [-0.39, 0.29) is 5.78 Å². The molecule has 0 aliphatic heterocycles. The highest BCUT2D eigenvalue weighted by Gasteiger charge is 2.13. The number of ketones is 1. The fourth-order valence-corrected chi connectivity index (χ4v) is 3.53. The Bertz CT molecular complexity index is 1160. The molecule has 2 aromatic heterocycles. The molecule has 0 amide bonds. The van der Waals surface area contributed by atoms with Gasteiger partial charge in [0.25, 0.3) is 0 Å². The minimum absolute atomic E-state index is 0.0996. The van der Waals surface area contributed by atoms with Crippen molar-refractivity contribution in [1.82, 2.24) is 9.97 Å². The third-order valence-electron chi connectivity index (χ3n) is 5.11. The van der Waals surface area contributed by atoms with E-state index in [1.807, 2.05) is 39.2 Å². The summed E-state index contributed by atoms with van der Waals surface area (Å²) in [6.45, 7) is 1.91. The average Bonchev–Trinajstić information content (AvgIpc) is 3.29. The smallest absolute Gasteiger partial charge is 0.225 e. The molecule has 0 radical (unpaired) electrons. The van der Waals surface area contributed by atoms with E-state index >= 15 is 0 Å². The van der Waals surface area contributed by atoms with Crippen LogP contribution in [0.5, 0.6) is 0 Å². The van der Waals surface area contributed by atoms with Crippen molar-refractivity contribution in [1.29, 1.82) is 0 Å². The van der Waals surface area contributed by atoms with E-state index in [4.69, 9.17) is 4.42 Å². The Hall–Kier alpha value is -3.73. The van der Waals surface area contributed by atoms with Crippen LogP contribution in [0.15, 0.2) is 77.8 Å². The Labute approximate surface area is 176 Å². The Kier molecular flexibility index (Phi) is 5.44. The fourth-order valence-electron chi connectivity index (χ4n) is 3.53. The van der Waals surface area contributed by atoms with Gasteiger partial charge in [-0.2, -0.15) is 0 Å². The number of Topliss-reactive ketones (excluding diaryl/α,β-unsaturated/α-hetero) is 1. The van der Waals surface area contributed by atoms with Crippen LogP contribution in [0.2, 0.25) is 0 Å². The Morgan fingerprint density at radius 2 is 1.77 bits per heavy atom. The monoisotopic (exact) mass is 397 g/mol. The van der Waals surface area contributed by atoms with Crippen molar-refractivity contribution >= 4 is 11.5 Å². The molecule has 0 aliphatic carbocycles. The molecule has 0 fully saturated rings. The number of oxazole rings is 1. The zero-order valence-corrected chi connectivity index (χ0v) is 17.3. The molecular formula is C25H23N3O2. The molecular weight excluding hydrogens is 374 g/mol. The van der Waals surface area contributed by atoms with E-state index in [1.165, 1.54) is 0 Å². The molecule has 0 atom stereocenters. The van der Waals surface area contributed by atoms with Gasteiger partial charge in [0.2, 0.25) is 5.89 Å². The molecule has 0 unspecified atom stereocenters. The predicted octanol–water partition coefficient (Wildman–Crippen LogP) is 5.20. The minimum atomic E-state index is 0.0996. The first-order valence-electron chi connectivity index (χ1n) is 9.77. The van der Waals surface area contributed by atoms with Gasteiger partial charge in [0.05, 0.1) is 6.20 Å². The van der Waals surface area contributed by atoms with Crippen LogP contribution in [0.4, 0.5) is 5.69 Å². The zero-order chi connectivity index (χ0) is 21.1. The Morgan fingerprint density at radius 1 is 1.00 bits per heavy atom. The van der Waals surface area contributed by atoms with Crippen LogP contribution in [0.25, 0.3) is 22.6 Å². The molecule has 30 heavy (non-hydrogen) atoms. The average molecular weight is 397 g/mol. The van der Waals surface area contributed by atoms with Crippen molar-refractivity contribution in [2.45, 2.75) is 13.3 Å². The summed E-state index contributed by atoms with van der Waals surface area (Å²) in [5, 5.41) is 0. The van der Waals surface area contributed by atoms with Crippen LogP contribution in [-0.2, 0) is 6.42 Å². The molecule has 4 rings (SSSR count). The number of pyridine rings is 1. The lowest BCUT2D eigenvalue weighted by Gasteiger charge is -2.18. The molecule has 0 saturated heterocycles. The van der Waals surface area contributed by atoms with Crippen LogP contribution in [0, 0.1) is 6.92 Å². The fraction of sp³-hybridized carbons (Fsp3) is 0.160. The van der Waals surface area contributed by atoms with Gasteiger partial charge in [-0.3, -0.25) is 9.78 Å². The molecule has 2 aromatic carbocycles. The molecule has 4 aromatic rings. The van der Waals surface area contributed by atoms with Crippen molar-refractivity contribution in [3.8, 4) is 22.6 Å². The van der Waals surface area contributed by atoms with Gasteiger partial charge in [0, 0.05) is 55.3 Å². The number of anilines is 1. The third kappa shape index (κ3) is 4.01. The first-order valence-corrected chi connectivity index (χ1v) is 9.77. The SMILES string of the molecule is Cc1cnccc1C(=O)Cc1ccc(-c2cc(-c3ncco3)ccc2N(C)C)cc1. The lowest BCUT2D eigenvalue weighted by atomic mass is 9.96. The van der Waals surface area contributed by atoms with Crippen LogP contribution in [0.1, 0.15) is 21.5 Å². The van der Waals surface area contributed by atoms with Gasteiger partial charge in [-0.25, -0.2) is 4.98 Å². The van der Waals surface area contributed by atoms with Crippen LogP contribution < -0.4 is 4.90 Å². The number of aryl methyl sites for hydroxylation is 1. The quantitative estimate of drug-likeness (QED) is 0.418. The number of rotatable bonds is 6. The normalized spacial score (nSPS) is 10.8. The molecule has 0 N–H and O–H groups in total. The standard InChI is InChI=1S/C25H23N3O2/c1-17-16-26-11-10-21(17)24(29)14-18-4-6-19(7-5-18)22-15-20(25-27-12-13-30-25)8-9-23(22)28(2)3/h4-13,15-16H,14H2,1-3H3. The molecule has 5 nitrogen and oxygen atoms in total. The first kappa shape index (κ1) is 19.6. The van der Waals surface area contributed by atoms with Crippen molar-refractivity contribution in [3.05, 3.63) is 90.1 Å². The van der Waals surface area contributed by atoms with Crippen molar-refractivity contribution in [2.75, 3.05) is 19.0 Å². The number of nitrogens with zero attached hydrogens (tertiary/aromatic N) is 3. The van der Waals surface area contributed by atoms with E-state index in [0.717, 1.165) is 39.1 Å². The summed E-state index contributed by atoms with van der Waals surface area (Å²) in [5.41, 5.74) is 6.78. The summed E-state index contributed by atoms with van der Waals surface area (Å²) < 4.78 is 5.46. The Balaban J connectivity index is 1.63. The second kappa shape index (κ2) is 8.33. The lowest BCUT2D eigenvalue weighted by Crippen LogP contribution is -2.10. The number of carbonyl (C=O) groups excluding carboxylic acids is 1. The predicted molar refractivity (Wildman–Crippen MR) is 119 cm³/mol. The zero-order valence-electron chi connectivity index (χ0n) is 17.3. The van der Waals surface area contributed by atoms with Crippen molar-refractivity contribution in [2.24, 2.45) is 0 Å². The molecule has 0 aliphatic rings. The van der Waals surface area contributed by atoms with Crippen LogP contribution >= 0.6 is 0 Å². The summed E-state index contributed by atoms with van der Waals surface area (Å²) in [6.07, 6.45) is 6.96. The second-order valence-electron chi connectivity index (χ2n) is 7.45. The van der Waals surface area contributed by atoms with Crippen molar-refractivity contribution < 1.29 is 9.21 Å². The maximum atomic E-state index is 12.7. The van der Waals surface area contributed by atoms with Gasteiger partial charge in [0.1, 0.15) is 6.26 Å². The van der Waals surface area contributed by atoms with E-state index < -0.39 is 0 Å². The second-order valence-corrected chi connectivity index (χ2v) is 7.45. The summed E-state index contributed by atoms with van der Waals surface area (Å²) >= 11 is 0. The van der Waals surface area contributed by atoms with E-state index in [2.05, 4.69) is 39.1 Å². The van der Waals surface area contributed by atoms with Crippen LogP contribution in [-0.4, -0.2) is 29.8 Å². The maximum Gasteiger partial charge on any atom is 0.225 e. The minimum Gasteiger partial charge on any atom is -0.445 e. The Morgan fingerprint density at radius 3 is 2.43 bits per heavy atom. The van der Waals surface area contributed by atoms with E-state index in [1.54, 1.807) is 30.9 Å². The molecule has 150 valence electrons. The maximum absolute atomic E-state index is 12.7. The molecule has 5 heteroatoms. The van der Waals surface area contributed by atoms with Gasteiger partial charge >= 0.3 is 0 Å². The van der Waals surface area contributed by atoms with E-state index in [0.29, 0.717) is 12.3 Å². The summed E-state index contributed by atoms with van der Waals surface area (Å²) in [6, 6.07) is 16.1. The number of aromatic nitrogens is 2. The van der Waals surface area contributed by atoms with E-state index in [9.17, 15) is 4.79 Å². The molecule has 2 heterocycles. The largest absolute Gasteiger partial charge is 0.445 e. The summed E-state index contributed by atoms with van der Waals surface area (Å²) in [4.78, 5) is 23.1. The highest BCUT2D eigenvalue weighted by atomic mass is 16.3. The van der Waals surface area contributed by atoms with Gasteiger partial charge in [-0.15, -0.1) is 0 Å². The van der Waals surface area contributed by atoms with Gasteiger partial charge < -0.3 is 9.32 Å². The number of benzene rings is 2. The number of hydrogen-bond acceptors (Lipinski definition) is 5. The lowest BCUT2D eigenvalue weighted by molar-refractivity contribution is 0.0992. The number of hydrogen-bond donors (Lipinski definition) is 0. The first-order chi connectivity index (χ1) is 14.5. The third-order valence-corrected chi connectivity index (χ3v) is 5.11. The van der Waals surface area contributed by atoms with Gasteiger partial charge in [-0.05, 0) is 47.9 Å². The summed E-state index contributed by atoms with van der Waals surface area (Å²) in [5.74, 6) is 0.694. The highest BCUT2D eigenvalue weighted by Crippen LogP contribution is 2.34. The van der Waals surface area contributed by atoms with Crippen molar-refractivity contribution in [3.63, 3.8) is 0 Å². The highest BCUT2D eigenvalue weighted by molar-refractivity contribution is 5.98. The molecule has 0 saturated carbocycles. The van der Waals surface area contributed by atoms with Crippen LogP contribution in [0.3, 0.4) is 0 Å². The summed E-state index contributed by atoms with van der Waals surface area (Å²) in [7, 11) is 4.04. The topological polar surface area (TPSA) is 59.2 Å². The molecule has 0 spiro atoms. The number of carbonyl (C=O) groups is 1. The van der Waals surface area contributed by atoms with Gasteiger partial charge in [0.15, 0.2) is 5.78 Å².